The van der Waals surface area contributed by atoms with Crippen LogP contribution in [-0.4, -0.2) is 18.1 Å². The lowest BCUT2D eigenvalue weighted by Gasteiger charge is -2.29. The fourth-order valence-electron chi connectivity index (χ4n) is 2.29. The molecule has 3 heterocycles. The average molecular weight is 278 g/mol. The zero-order chi connectivity index (χ0) is 12.5. The quantitative estimate of drug-likeness (QED) is 0.808. The van der Waals surface area contributed by atoms with E-state index in [1.165, 1.54) is 27.7 Å². The van der Waals surface area contributed by atoms with Crippen molar-refractivity contribution >= 4 is 27.8 Å². The van der Waals surface area contributed by atoms with Crippen LogP contribution in [0.5, 0.6) is 0 Å². The largest absolute Gasteiger partial charge is 0.348 e. The van der Waals surface area contributed by atoms with E-state index in [4.69, 9.17) is 4.98 Å². The summed E-state index contributed by atoms with van der Waals surface area (Å²) < 4.78 is 0. The minimum absolute atomic E-state index is 0.876. The summed E-state index contributed by atoms with van der Waals surface area (Å²) in [6.45, 7) is 6.82. The number of hydrogen-bond donors (Lipinski definition) is 0. The third kappa shape index (κ3) is 2.45. The first-order valence-electron chi connectivity index (χ1n) is 6.49. The molecule has 0 N–H and O–H groups in total. The van der Waals surface area contributed by atoms with Gasteiger partial charge < -0.3 is 4.90 Å². The van der Waals surface area contributed by atoms with Gasteiger partial charge in [-0.05, 0) is 37.8 Å². The molecule has 0 amide bonds. The van der Waals surface area contributed by atoms with E-state index in [-0.39, 0.29) is 0 Å². The van der Waals surface area contributed by atoms with Crippen LogP contribution in [-0.2, 0) is 0 Å². The van der Waals surface area contributed by atoms with Gasteiger partial charge in [-0.1, -0.05) is 6.92 Å². The zero-order valence-electron chi connectivity index (χ0n) is 10.8. The topological polar surface area (TPSA) is 16.1 Å². The summed E-state index contributed by atoms with van der Waals surface area (Å²) >= 11 is 3.61. The lowest BCUT2D eigenvalue weighted by molar-refractivity contribution is 0.438. The summed E-state index contributed by atoms with van der Waals surface area (Å²) in [5, 5.41) is 3.39. The highest BCUT2D eigenvalue weighted by atomic mass is 32.1. The maximum absolute atomic E-state index is 4.80. The molecule has 0 radical (unpaired) electrons. The number of hydrogen-bond acceptors (Lipinski definition) is 4. The molecule has 18 heavy (non-hydrogen) atoms. The lowest BCUT2D eigenvalue weighted by atomic mass is 10.00. The number of thiophene rings is 1. The molecule has 96 valence electrons. The van der Waals surface area contributed by atoms with E-state index < -0.39 is 0 Å². The van der Waals surface area contributed by atoms with Crippen LogP contribution in [0.15, 0.2) is 17.5 Å². The number of nitrogens with zero attached hydrogens (tertiary/aromatic N) is 2. The molecule has 4 heteroatoms. The summed E-state index contributed by atoms with van der Waals surface area (Å²) in [5.41, 5.74) is 1.15. The molecule has 1 saturated heterocycles. The van der Waals surface area contributed by atoms with Crippen molar-refractivity contribution in [1.29, 1.82) is 0 Å². The number of piperidine rings is 1. The van der Waals surface area contributed by atoms with Gasteiger partial charge in [-0.25, -0.2) is 4.98 Å². The maximum Gasteiger partial charge on any atom is 0.185 e. The maximum atomic E-state index is 4.80. The molecule has 0 bridgehead atoms. The Labute approximate surface area is 116 Å². The molecule has 0 spiro atoms. The van der Waals surface area contributed by atoms with Crippen LogP contribution in [0.25, 0.3) is 10.6 Å². The van der Waals surface area contributed by atoms with Crippen molar-refractivity contribution in [3.63, 3.8) is 0 Å². The fraction of sp³-hybridized carbons (Fsp3) is 0.500. The molecule has 2 aromatic rings. The van der Waals surface area contributed by atoms with Gasteiger partial charge in [0.25, 0.3) is 0 Å². The number of thiazole rings is 1. The third-order valence-electron chi connectivity index (χ3n) is 3.54. The van der Waals surface area contributed by atoms with Crippen molar-refractivity contribution in [2.24, 2.45) is 5.92 Å². The van der Waals surface area contributed by atoms with Crippen molar-refractivity contribution < 1.29 is 0 Å². The van der Waals surface area contributed by atoms with Crippen molar-refractivity contribution in [2.45, 2.75) is 26.7 Å². The molecule has 0 unspecified atom stereocenters. The van der Waals surface area contributed by atoms with Crippen molar-refractivity contribution in [1.82, 2.24) is 4.98 Å². The Kier molecular flexibility index (Phi) is 3.39. The van der Waals surface area contributed by atoms with Crippen LogP contribution in [0.1, 0.15) is 24.6 Å². The van der Waals surface area contributed by atoms with Gasteiger partial charge in [0.1, 0.15) is 0 Å². The molecule has 0 saturated carbocycles. The van der Waals surface area contributed by atoms with E-state index in [2.05, 4.69) is 36.3 Å². The molecule has 1 aliphatic rings. The molecule has 3 rings (SSSR count). The second-order valence-corrected chi connectivity index (χ2v) is 7.22. The smallest absolute Gasteiger partial charge is 0.185 e. The van der Waals surface area contributed by atoms with E-state index in [1.54, 1.807) is 11.3 Å². The van der Waals surface area contributed by atoms with Gasteiger partial charge in [0.2, 0.25) is 0 Å². The van der Waals surface area contributed by atoms with Crippen molar-refractivity contribution in [3.8, 4) is 10.6 Å². The molecule has 1 fully saturated rings. The first-order chi connectivity index (χ1) is 8.72. The average Bonchev–Trinajstić information content (AvgIpc) is 2.98. The minimum atomic E-state index is 0.876. The monoisotopic (exact) mass is 278 g/mol. The second-order valence-electron chi connectivity index (χ2n) is 5.10. The molecule has 2 aromatic heterocycles. The van der Waals surface area contributed by atoms with Gasteiger partial charge in [0.15, 0.2) is 5.13 Å². The van der Waals surface area contributed by atoms with Gasteiger partial charge >= 0.3 is 0 Å². The van der Waals surface area contributed by atoms with E-state index in [1.807, 2.05) is 11.3 Å². The van der Waals surface area contributed by atoms with Crippen LogP contribution in [0.3, 0.4) is 0 Å². The second kappa shape index (κ2) is 5.02. The van der Waals surface area contributed by atoms with E-state index in [9.17, 15) is 0 Å². The molecule has 0 aromatic carbocycles. The van der Waals surface area contributed by atoms with Gasteiger partial charge in [-0.3, -0.25) is 0 Å². The van der Waals surface area contributed by atoms with E-state index in [0.717, 1.165) is 24.7 Å². The zero-order valence-corrected chi connectivity index (χ0v) is 12.5. The highest BCUT2D eigenvalue weighted by Gasteiger charge is 2.18. The van der Waals surface area contributed by atoms with Crippen molar-refractivity contribution in [2.75, 3.05) is 18.0 Å². The summed E-state index contributed by atoms with van der Waals surface area (Å²) in [7, 11) is 0. The van der Waals surface area contributed by atoms with Gasteiger partial charge in [-0.2, -0.15) is 0 Å². The Hall–Kier alpha value is -0.870. The Morgan fingerprint density at radius 3 is 2.72 bits per heavy atom. The van der Waals surface area contributed by atoms with Crippen LogP contribution < -0.4 is 4.90 Å². The predicted octanol–water partition coefficient (Wildman–Crippen LogP) is 4.42. The summed E-state index contributed by atoms with van der Waals surface area (Å²) in [4.78, 5) is 9.88. The van der Waals surface area contributed by atoms with Crippen LogP contribution in [0.2, 0.25) is 0 Å². The SMILES string of the molecule is Cc1ccc(-c2csc(N3CCC(C)CC3)n2)s1. The molecular formula is C14H18N2S2. The molecular weight excluding hydrogens is 260 g/mol. The standard InChI is InChI=1S/C14H18N2S2/c1-10-5-7-16(8-6-10)14-15-12(9-17-14)13-4-3-11(2)18-13/h3-4,9-10H,5-8H2,1-2H3. The first kappa shape index (κ1) is 12.2. The van der Waals surface area contributed by atoms with Gasteiger partial charge in [0, 0.05) is 23.3 Å². The Morgan fingerprint density at radius 1 is 1.28 bits per heavy atom. The fourth-order valence-corrected chi connectivity index (χ4v) is 4.08. The summed E-state index contributed by atoms with van der Waals surface area (Å²) in [5.74, 6) is 0.876. The lowest BCUT2D eigenvalue weighted by Crippen LogP contribution is -2.32. The van der Waals surface area contributed by atoms with Crippen molar-refractivity contribution in [3.05, 3.63) is 22.4 Å². The predicted molar refractivity (Wildman–Crippen MR) is 80.8 cm³/mol. The van der Waals surface area contributed by atoms with Gasteiger partial charge in [0.05, 0.1) is 10.6 Å². The molecule has 0 aliphatic carbocycles. The number of aromatic nitrogens is 1. The van der Waals surface area contributed by atoms with E-state index in [0.29, 0.717) is 0 Å². The number of anilines is 1. The van der Waals surface area contributed by atoms with Gasteiger partial charge in [-0.15, -0.1) is 22.7 Å². The Bertz CT molecular complexity index is 521. The van der Waals surface area contributed by atoms with Crippen LogP contribution >= 0.6 is 22.7 Å². The highest BCUT2D eigenvalue weighted by Crippen LogP contribution is 2.33. The Balaban J connectivity index is 1.77. The normalized spacial score (nSPS) is 17.3. The summed E-state index contributed by atoms with van der Waals surface area (Å²) in [6, 6.07) is 4.35. The van der Waals surface area contributed by atoms with Crippen LogP contribution in [0, 0.1) is 12.8 Å². The highest BCUT2D eigenvalue weighted by molar-refractivity contribution is 7.17. The molecule has 0 atom stereocenters. The first-order valence-corrected chi connectivity index (χ1v) is 8.19. The number of aryl methyl sites for hydroxylation is 1. The Morgan fingerprint density at radius 2 is 2.06 bits per heavy atom. The molecule has 2 nitrogen and oxygen atoms in total. The molecule has 1 aliphatic heterocycles. The summed E-state index contributed by atoms with van der Waals surface area (Å²) in [6.07, 6.45) is 2.60. The minimum Gasteiger partial charge on any atom is -0.348 e. The third-order valence-corrected chi connectivity index (χ3v) is 5.46. The number of rotatable bonds is 2. The van der Waals surface area contributed by atoms with Crippen LogP contribution in [0.4, 0.5) is 5.13 Å². The van der Waals surface area contributed by atoms with E-state index >= 15 is 0 Å².